The number of fused-ring (bicyclic) bond motifs is 3. The monoisotopic (exact) mass is 479 g/mol. The molecule has 0 spiro atoms. The van der Waals surface area contributed by atoms with Crippen LogP contribution in [-0.2, 0) is 0 Å². The maximum Gasteiger partial charge on any atom is 0.0636 e. The van der Waals surface area contributed by atoms with Crippen molar-refractivity contribution < 1.29 is 31.5 Å². The Labute approximate surface area is 243 Å². The third kappa shape index (κ3) is 3.39. The zero-order valence-corrected chi connectivity index (χ0v) is 18.1. The van der Waals surface area contributed by atoms with Crippen LogP contribution in [0.4, 0.5) is 0 Å². The minimum absolute atomic E-state index is 0.336. The van der Waals surface area contributed by atoms with Crippen molar-refractivity contribution in [3.8, 4) is 33.4 Å². The summed E-state index contributed by atoms with van der Waals surface area (Å²) < 4.78 is 201. The molecule has 0 fully saturated rings. The molecule has 0 aliphatic heterocycles. The van der Waals surface area contributed by atoms with Gasteiger partial charge in [0.25, 0.3) is 0 Å². The van der Waals surface area contributed by atoms with Crippen molar-refractivity contribution in [3.63, 3.8) is 0 Å². The highest BCUT2D eigenvalue weighted by atomic mass is 14.2. The normalized spacial score (nSPS) is 20.3. The van der Waals surface area contributed by atoms with E-state index in [9.17, 15) is 5.48 Å². The van der Waals surface area contributed by atoms with Crippen LogP contribution in [0, 0.1) is 0 Å². The zero-order chi connectivity index (χ0) is 43.9. The summed E-state index contributed by atoms with van der Waals surface area (Å²) in [5.74, 6) is 0. The first kappa shape index (κ1) is 7.91. The van der Waals surface area contributed by atoms with E-state index in [2.05, 4.69) is 0 Å². The summed E-state index contributed by atoms with van der Waals surface area (Å²) in [5, 5.41) is -3.30. The molecule has 0 saturated heterocycles. The van der Waals surface area contributed by atoms with Crippen LogP contribution in [0.5, 0.6) is 0 Å². The summed E-state index contributed by atoms with van der Waals surface area (Å²) in [6.45, 7) is 0. The van der Waals surface area contributed by atoms with E-state index in [4.69, 9.17) is 26.0 Å². The van der Waals surface area contributed by atoms with Crippen molar-refractivity contribution in [1.82, 2.24) is 0 Å². The van der Waals surface area contributed by atoms with Crippen LogP contribution in [0.3, 0.4) is 0 Å². The Morgan fingerprint density at radius 2 is 0.778 bits per heavy atom. The van der Waals surface area contributed by atoms with E-state index < -0.39 is 199 Å². The molecule has 0 aliphatic rings. The van der Waals surface area contributed by atoms with E-state index in [1.807, 2.05) is 0 Å². The molecule has 0 aliphatic carbocycles. The SMILES string of the molecule is [2H]c1c([2H])c([2H])c(-c2c3c([2H])c([2H])c([2H])c([2H])c3c(-c3c([2H])c([2H])c(-c4cc([2H])c5c([2H])c([2H])c([2H])c([2H])c5c4[2H])c([2H])c3[2H])c3c([2H])c([2H])c([2H])c([2H])c23)c([2H])c1[2H]. The first-order valence-corrected chi connectivity index (χ1v) is 10.6. The molecule has 0 nitrogen and oxygen atoms in total. The quantitative estimate of drug-likeness (QED) is 0.221. The van der Waals surface area contributed by atoms with E-state index >= 15 is 0 Å². The third-order valence-corrected chi connectivity index (χ3v) is 5.58. The lowest BCUT2D eigenvalue weighted by Crippen LogP contribution is -1.90. The molecule has 36 heavy (non-hydrogen) atoms. The van der Waals surface area contributed by atoms with Gasteiger partial charge in [0.05, 0.1) is 31.5 Å². The molecule has 0 aromatic heterocycles. The van der Waals surface area contributed by atoms with E-state index in [-0.39, 0.29) is 5.39 Å². The maximum absolute atomic E-state index is 9.31. The van der Waals surface area contributed by atoms with Gasteiger partial charge in [0.2, 0.25) is 0 Å². The second kappa shape index (κ2) is 8.52. The molecule has 7 aromatic rings. The molecule has 0 atom stereocenters. The summed E-state index contributed by atoms with van der Waals surface area (Å²) in [6.07, 6.45) is 0. The van der Waals surface area contributed by atoms with Gasteiger partial charge in [-0.1, -0.05) is 139 Å². The maximum atomic E-state index is 9.31. The topological polar surface area (TPSA) is 0 Å². The molecule has 0 heteroatoms. The van der Waals surface area contributed by atoms with Crippen molar-refractivity contribution in [2.45, 2.75) is 0 Å². The highest BCUT2D eigenvalue weighted by molar-refractivity contribution is 6.21. The summed E-state index contributed by atoms with van der Waals surface area (Å²) >= 11 is 0. The lowest BCUT2D eigenvalue weighted by atomic mass is 9.86. The smallest absolute Gasteiger partial charge is 0.0622 e. The van der Waals surface area contributed by atoms with Crippen molar-refractivity contribution in [3.05, 3.63) is 145 Å². The fourth-order valence-corrected chi connectivity index (χ4v) is 4.04. The molecule has 7 rings (SSSR count). The highest BCUT2D eigenvalue weighted by Crippen LogP contribution is 2.43. The molecule has 0 saturated carbocycles. The average molecular weight is 480 g/mol. The van der Waals surface area contributed by atoms with Gasteiger partial charge in [0, 0.05) is 0 Å². The van der Waals surface area contributed by atoms with E-state index in [1.165, 1.54) is 0 Å². The molecule has 0 bridgehead atoms. The van der Waals surface area contributed by atoms with E-state index in [0.717, 1.165) is 6.07 Å². The van der Waals surface area contributed by atoms with Crippen molar-refractivity contribution in [1.29, 1.82) is 0 Å². The Kier molecular flexibility index (Phi) is 1.87. The van der Waals surface area contributed by atoms with Gasteiger partial charge in [-0.2, -0.15) is 0 Å². The largest absolute Gasteiger partial charge is 0.0636 e. The predicted octanol–water partition coefficient (Wildman–Crippen LogP) is 10.1. The summed E-state index contributed by atoms with van der Waals surface area (Å²) in [7, 11) is 0. The van der Waals surface area contributed by atoms with Gasteiger partial charge in [-0.3, -0.25) is 0 Å². The molecule has 0 radical (unpaired) electrons. The van der Waals surface area contributed by atoms with Crippen LogP contribution >= 0.6 is 0 Å². The first-order valence-electron chi connectivity index (χ1n) is 22.1. The van der Waals surface area contributed by atoms with Crippen LogP contribution in [0.25, 0.3) is 65.7 Å². The van der Waals surface area contributed by atoms with Gasteiger partial charge in [0.15, 0.2) is 0 Å². The molecule has 168 valence electrons. The molecular formula is C36H24. The second-order valence-corrected chi connectivity index (χ2v) is 7.58. The minimum Gasteiger partial charge on any atom is -0.0622 e. The number of hydrogen-bond donors (Lipinski definition) is 0. The van der Waals surface area contributed by atoms with Gasteiger partial charge in [-0.05, 0) is 71.7 Å². The predicted molar refractivity (Wildman–Crippen MR) is 155 cm³/mol. The fourth-order valence-electron chi connectivity index (χ4n) is 4.04. The zero-order valence-electron chi connectivity index (χ0n) is 41.1. The Balaban J connectivity index is 1.78. The summed E-state index contributed by atoms with van der Waals surface area (Å²) in [6, 6.07) is -18.3. The standard InChI is InChI=1S/C36H24/c1-2-11-27(12-3-1)35-31-14-6-8-16-33(31)36(34-17-9-7-15-32(34)35)28-21-18-26(19-22-28)30-23-20-25-10-4-5-13-29(25)24-30/h1-24H/i1D,2D,3D,4D,5D,6D,7D,8D,9D,10D,11D,12D,13D,14D,15D,16D,17D,18D,19D,20D,21D,22D,24D. The average Bonchev–Trinajstić information content (AvgIpc) is 3.20. The van der Waals surface area contributed by atoms with Gasteiger partial charge in [0.1, 0.15) is 0 Å². The van der Waals surface area contributed by atoms with Crippen LogP contribution in [-0.4, -0.2) is 0 Å². The fraction of sp³-hybridized carbons (Fsp3) is 0. The number of benzene rings is 7. The molecule has 0 heterocycles. The van der Waals surface area contributed by atoms with Gasteiger partial charge >= 0.3 is 0 Å². The van der Waals surface area contributed by atoms with Crippen LogP contribution < -0.4 is 0 Å². The Hall–Kier alpha value is -4.68. The Morgan fingerprint density at radius 1 is 0.333 bits per heavy atom. The Morgan fingerprint density at radius 3 is 1.36 bits per heavy atom. The van der Waals surface area contributed by atoms with Crippen molar-refractivity contribution in [2.75, 3.05) is 0 Å². The van der Waals surface area contributed by atoms with Crippen molar-refractivity contribution >= 4 is 32.3 Å². The van der Waals surface area contributed by atoms with Crippen molar-refractivity contribution in [2.24, 2.45) is 0 Å². The Bertz CT molecular complexity index is 2990. The minimum atomic E-state index is -0.958. The highest BCUT2D eigenvalue weighted by Gasteiger charge is 2.16. The van der Waals surface area contributed by atoms with Crippen LogP contribution in [0.2, 0.25) is 0 Å². The van der Waals surface area contributed by atoms with Gasteiger partial charge in [-0.25, -0.2) is 0 Å². The molecular weight excluding hydrogens is 432 g/mol. The van der Waals surface area contributed by atoms with Crippen LogP contribution in [0.1, 0.15) is 31.5 Å². The lowest BCUT2D eigenvalue weighted by molar-refractivity contribution is 1.62. The summed E-state index contributed by atoms with van der Waals surface area (Å²) in [5.41, 5.74) is -3.73. The number of hydrogen-bond acceptors (Lipinski definition) is 0. The number of rotatable bonds is 3. The van der Waals surface area contributed by atoms with E-state index in [1.54, 1.807) is 0 Å². The van der Waals surface area contributed by atoms with E-state index in [0.29, 0.717) is 0 Å². The molecule has 0 amide bonds. The molecule has 0 unspecified atom stereocenters. The molecule has 7 aromatic carbocycles. The van der Waals surface area contributed by atoms with Gasteiger partial charge in [-0.15, -0.1) is 0 Å². The van der Waals surface area contributed by atoms with Gasteiger partial charge < -0.3 is 0 Å². The molecule has 0 N–H and O–H groups in total. The lowest BCUT2D eigenvalue weighted by Gasteiger charge is -2.18. The first-order chi connectivity index (χ1) is 27.4. The van der Waals surface area contributed by atoms with Crippen LogP contribution in [0.15, 0.2) is 145 Å². The second-order valence-electron chi connectivity index (χ2n) is 7.58. The summed E-state index contributed by atoms with van der Waals surface area (Å²) in [4.78, 5) is 0. The third-order valence-electron chi connectivity index (χ3n) is 5.58.